The van der Waals surface area contributed by atoms with Gasteiger partial charge in [0.1, 0.15) is 17.5 Å². The first-order valence-electron chi connectivity index (χ1n) is 7.86. The van der Waals surface area contributed by atoms with Gasteiger partial charge in [0.15, 0.2) is 0 Å². The summed E-state index contributed by atoms with van der Waals surface area (Å²) in [6.45, 7) is 9.18. The number of nitrogens with zero attached hydrogens (tertiary/aromatic N) is 5. The number of amides is 1. The molecule has 0 saturated carbocycles. The van der Waals surface area contributed by atoms with Crippen molar-refractivity contribution in [1.29, 1.82) is 0 Å². The van der Waals surface area contributed by atoms with E-state index in [9.17, 15) is 4.79 Å². The Morgan fingerprint density at radius 3 is 2.70 bits per heavy atom. The van der Waals surface area contributed by atoms with Gasteiger partial charge in [-0.15, -0.1) is 0 Å². The summed E-state index contributed by atoms with van der Waals surface area (Å²) in [4.78, 5) is 23.1. The van der Waals surface area contributed by atoms with Gasteiger partial charge in [-0.3, -0.25) is 4.79 Å². The third-order valence-electron chi connectivity index (χ3n) is 3.87. The van der Waals surface area contributed by atoms with Crippen molar-refractivity contribution in [3.63, 3.8) is 0 Å². The van der Waals surface area contributed by atoms with E-state index in [4.69, 9.17) is 0 Å². The van der Waals surface area contributed by atoms with Crippen molar-refractivity contribution in [2.75, 3.05) is 18.4 Å². The molecular weight excluding hydrogens is 292 g/mol. The van der Waals surface area contributed by atoms with E-state index >= 15 is 0 Å². The van der Waals surface area contributed by atoms with E-state index in [0.29, 0.717) is 24.5 Å². The first kappa shape index (κ1) is 15.5. The SMILES string of the molecule is Cc1nc(C)n(C2CN(C(=O)c3cccnc3NC(C)C)C2)n1. The zero-order chi connectivity index (χ0) is 16.6. The quantitative estimate of drug-likeness (QED) is 0.931. The number of rotatable bonds is 4. The summed E-state index contributed by atoms with van der Waals surface area (Å²) in [7, 11) is 0. The number of nitrogens with one attached hydrogen (secondary N) is 1. The van der Waals surface area contributed by atoms with Crippen LogP contribution < -0.4 is 5.32 Å². The Morgan fingerprint density at radius 1 is 1.35 bits per heavy atom. The van der Waals surface area contributed by atoms with Gasteiger partial charge in [-0.25, -0.2) is 14.6 Å². The number of aromatic nitrogens is 4. The molecule has 3 rings (SSSR count). The monoisotopic (exact) mass is 314 g/mol. The fourth-order valence-corrected chi connectivity index (χ4v) is 2.79. The predicted molar refractivity (Wildman–Crippen MR) is 87.4 cm³/mol. The average molecular weight is 314 g/mol. The number of pyridine rings is 1. The lowest BCUT2D eigenvalue weighted by Gasteiger charge is -2.39. The predicted octanol–water partition coefficient (Wildman–Crippen LogP) is 1.81. The van der Waals surface area contributed by atoms with Crippen LogP contribution in [0.15, 0.2) is 18.3 Å². The molecule has 7 nitrogen and oxygen atoms in total. The van der Waals surface area contributed by atoms with Gasteiger partial charge in [-0.2, -0.15) is 5.10 Å². The molecule has 0 spiro atoms. The van der Waals surface area contributed by atoms with E-state index < -0.39 is 0 Å². The van der Waals surface area contributed by atoms with Crippen LogP contribution in [0.1, 0.15) is 41.9 Å². The van der Waals surface area contributed by atoms with Crippen LogP contribution in [0.5, 0.6) is 0 Å². The molecule has 7 heteroatoms. The highest BCUT2D eigenvalue weighted by molar-refractivity contribution is 5.99. The second-order valence-corrected chi connectivity index (χ2v) is 6.21. The highest BCUT2D eigenvalue weighted by Gasteiger charge is 2.35. The fraction of sp³-hybridized carbons (Fsp3) is 0.500. The molecule has 23 heavy (non-hydrogen) atoms. The zero-order valence-corrected chi connectivity index (χ0v) is 13.9. The third-order valence-corrected chi connectivity index (χ3v) is 3.87. The molecule has 0 aromatic carbocycles. The standard InChI is InChI=1S/C16H22N6O/c1-10(2)18-15-14(6-5-7-17-15)16(23)21-8-13(9-21)22-12(4)19-11(3)20-22/h5-7,10,13H,8-9H2,1-4H3,(H,17,18). The molecule has 1 fully saturated rings. The molecule has 1 N–H and O–H groups in total. The molecule has 122 valence electrons. The van der Waals surface area contributed by atoms with E-state index in [1.54, 1.807) is 12.3 Å². The minimum absolute atomic E-state index is 0.00647. The van der Waals surface area contributed by atoms with Gasteiger partial charge in [0.2, 0.25) is 0 Å². The van der Waals surface area contributed by atoms with Crippen molar-refractivity contribution < 1.29 is 4.79 Å². The summed E-state index contributed by atoms with van der Waals surface area (Å²) in [5.74, 6) is 2.31. The first-order chi connectivity index (χ1) is 11.0. The lowest BCUT2D eigenvalue weighted by molar-refractivity contribution is 0.0497. The van der Waals surface area contributed by atoms with Gasteiger partial charge >= 0.3 is 0 Å². The molecule has 3 heterocycles. The van der Waals surface area contributed by atoms with Crippen molar-refractivity contribution in [3.8, 4) is 0 Å². The summed E-state index contributed by atoms with van der Waals surface area (Å²) < 4.78 is 1.91. The minimum atomic E-state index is 0.00647. The minimum Gasteiger partial charge on any atom is -0.367 e. The number of anilines is 1. The largest absolute Gasteiger partial charge is 0.367 e. The van der Waals surface area contributed by atoms with Crippen LogP contribution >= 0.6 is 0 Å². The van der Waals surface area contributed by atoms with Gasteiger partial charge in [0.05, 0.1) is 11.6 Å². The Balaban J connectivity index is 1.71. The number of hydrogen-bond donors (Lipinski definition) is 1. The van der Waals surface area contributed by atoms with Crippen molar-refractivity contribution in [3.05, 3.63) is 35.5 Å². The molecule has 1 aliphatic heterocycles. The molecule has 1 aliphatic rings. The van der Waals surface area contributed by atoms with Crippen molar-refractivity contribution >= 4 is 11.7 Å². The van der Waals surface area contributed by atoms with E-state index in [1.807, 2.05) is 43.3 Å². The second kappa shape index (κ2) is 5.98. The Bertz CT molecular complexity index is 717. The number of aryl methyl sites for hydroxylation is 2. The highest BCUT2D eigenvalue weighted by Crippen LogP contribution is 2.25. The van der Waals surface area contributed by atoms with Crippen molar-refractivity contribution in [2.45, 2.75) is 39.8 Å². The maximum absolute atomic E-state index is 12.7. The van der Waals surface area contributed by atoms with Gasteiger partial charge in [-0.05, 0) is 39.8 Å². The Kier molecular flexibility index (Phi) is 4.02. The molecule has 1 amide bonds. The number of carbonyl (C=O) groups excluding carboxylic acids is 1. The molecule has 2 aromatic rings. The van der Waals surface area contributed by atoms with E-state index in [2.05, 4.69) is 20.4 Å². The zero-order valence-electron chi connectivity index (χ0n) is 13.9. The average Bonchev–Trinajstić information content (AvgIpc) is 2.76. The molecule has 2 aromatic heterocycles. The second-order valence-electron chi connectivity index (χ2n) is 6.21. The summed E-state index contributed by atoms with van der Waals surface area (Å²) in [5.41, 5.74) is 0.617. The van der Waals surface area contributed by atoms with Gasteiger partial charge in [0, 0.05) is 25.3 Å². The maximum atomic E-state index is 12.7. The van der Waals surface area contributed by atoms with Crippen molar-refractivity contribution in [1.82, 2.24) is 24.6 Å². The molecule has 0 atom stereocenters. The molecule has 0 aliphatic carbocycles. The lowest BCUT2D eigenvalue weighted by Crippen LogP contribution is -2.51. The Labute approximate surface area is 135 Å². The number of likely N-dealkylation sites (tertiary alicyclic amines) is 1. The van der Waals surface area contributed by atoms with Crippen LogP contribution in [0, 0.1) is 13.8 Å². The summed E-state index contributed by atoms with van der Waals surface area (Å²) >= 11 is 0. The lowest BCUT2D eigenvalue weighted by atomic mass is 10.1. The summed E-state index contributed by atoms with van der Waals surface area (Å²) in [6.07, 6.45) is 1.70. The molecular formula is C16H22N6O. The summed E-state index contributed by atoms with van der Waals surface area (Å²) in [5, 5.41) is 7.63. The Hall–Kier alpha value is -2.44. The van der Waals surface area contributed by atoms with Gasteiger partial charge in [-0.1, -0.05) is 0 Å². The number of carbonyl (C=O) groups is 1. The van der Waals surface area contributed by atoms with Crippen LogP contribution in [-0.2, 0) is 0 Å². The fourth-order valence-electron chi connectivity index (χ4n) is 2.79. The third kappa shape index (κ3) is 3.04. The van der Waals surface area contributed by atoms with Gasteiger partial charge < -0.3 is 10.2 Å². The van der Waals surface area contributed by atoms with Crippen LogP contribution in [0.2, 0.25) is 0 Å². The smallest absolute Gasteiger partial charge is 0.257 e. The van der Waals surface area contributed by atoms with Crippen molar-refractivity contribution in [2.24, 2.45) is 0 Å². The van der Waals surface area contributed by atoms with E-state index in [1.165, 1.54) is 0 Å². The molecule has 0 radical (unpaired) electrons. The first-order valence-corrected chi connectivity index (χ1v) is 7.86. The normalized spacial score (nSPS) is 14.9. The topological polar surface area (TPSA) is 75.9 Å². The molecule has 0 unspecified atom stereocenters. The number of hydrogen-bond acceptors (Lipinski definition) is 5. The van der Waals surface area contributed by atoms with Crippen LogP contribution in [0.3, 0.4) is 0 Å². The van der Waals surface area contributed by atoms with Crippen LogP contribution in [0.4, 0.5) is 5.82 Å². The Morgan fingerprint density at radius 2 is 2.09 bits per heavy atom. The highest BCUT2D eigenvalue weighted by atomic mass is 16.2. The van der Waals surface area contributed by atoms with Crippen LogP contribution in [0.25, 0.3) is 0 Å². The van der Waals surface area contributed by atoms with Crippen LogP contribution in [-0.4, -0.2) is 49.7 Å². The molecule has 0 bridgehead atoms. The van der Waals surface area contributed by atoms with Gasteiger partial charge in [0.25, 0.3) is 5.91 Å². The van der Waals surface area contributed by atoms with E-state index in [0.717, 1.165) is 11.6 Å². The summed E-state index contributed by atoms with van der Waals surface area (Å²) in [6, 6.07) is 4.04. The molecule has 1 saturated heterocycles. The maximum Gasteiger partial charge on any atom is 0.257 e. The van der Waals surface area contributed by atoms with E-state index in [-0.39, 0.29) is 18.0 Å².